The van der Waals surface area contributed by atoms with Crippen molar-refractivity contribution in [2.45, 2.75) is 12.8 Å². The Morgan fingerprint density at radius 3 is 2.57 bits per heavy atom. The van der Waals surface area contributed by atoms with Gasteiger partial charge in [-0.05, 0) is 38.6 Å². The van der Waals surface area contributed by atoms with E-state index in [0.717, 1.165) is 38.4 Å². The van der Waals surface area contributed by atoms with E-state index in [0.29, 0.717) is 10.0 Å². The molecule has 21 heavy (non-hydrogen) atoms. The molecule has 0 atom stereocenters. The molecule has 1 fully saturated rings. The number of unbranched alkanes of at least 4 members (excludes halogenated alkanes) is 1. The van der Waals surface area contributed by atoms with E-state index in [4.69, 9.17) is 23.2 Å². The summed E-state index contributed by atoms with van der Waals surface area (Å²) in [6.07, 6.45) is 2.42. The number of hydrogen-bond acceptors (Lipinski definition) is 4. The first-order valence-electron chi connectivity index (χ1n) is 7.53. The predicted octanol–water partition coefficient (Wildman–Crippen LogP) is 2.62. The molecule has 1 aliphatic heterocycles. The van der Waals surface area contributed by atoms with Gasteiger partial charge in [0.05, 0.1) is 15.7 Å². The van der Waals surface area contributed by atoms with Crippen LogP contribution in [-0.4, -0.2) is 51.2 Å². The van der Waals surface area contributed by atoms with Crippen LogP contribution >= 0.6 is 23.2 Å². The van der Waals surface area contributed by atoms with Crippen LogP contribution in [0.3, 0.4) is 0 Å². The van der Waals surface area contributed by atoms with Crippen molar-refractivity contribution in [3.8, 4) is 0 Å². The van der Waals surface area contributed by atoms with Gasteiger partial charge in [0, 0.05) is 32.7 Å². The summed E-state index contributed by atoms with van der Waals surface area (Å²) in [4.78, 5) is 4.85. The van der Waals surface area contributed by atoms with Crippen LogP contribution in [0.4, 0.5) is 5.69 Å². The van der Waals surface area contributed by atoms with Crippen molar-refractivity contribution in [1.29, 1.82) is 0 Å². The third-order valence-corrected chi connectivity index (χ3v) is 4.66. The van der Waals surface area contributed by atoms with Crippen LogP contribution in [0.1, 0.15) is 12.8 Å². The molecule has 1 heterocycles. The Kier molecular flexibility index (Phi) is 7.07. The maximum Gasteiger partial charge on any atom is 0.0825 e. The monoisotopic (exact) mass is 330 g/mol. The standard InChI is InChI=1S/C15H24Cl2N4/c1-18-19-7-2-3-8-20-9-11-21(12-10-20)14-6-4-5-13(16)15(14)17/h4-6,18-19H,2-3,7-12H2,1H3. The molecule has 0 unspecified atom stereocenters. The van der Waals surface area contributed by atoms with Crippen LogP contribution in [0.25, 0.3) is 0 Å². The van der Waals surface area contributed by atoms with E-state index in [1.807, 2.05) is 25.2 Å². The smallest absolute Gasteiger partial charge is 0.0825 e. The van der Waals surface area contributed by atoms with Crippen LogP contribution in [-0.2, 0) is 0 Å². The molecule has 1 aromatic rings. The summed E-state index contributed by atoms with van der Waals surface area (Å²) in [7, 11) is 1.90. The Bertz CT molecular complexity index is 434. The lowest BCUT2D eigenvalue weighted by Crippen LogP contribution is -2.46. The van der Waals surface area contributed by atoms with Gasteiger partial charge in [-0.2, -0.15) is 0 Å². The lowest BCUT2D eigenvalue weighted by molar-refractivity contribution is 0.252. The number of benzene rings is 1. The maximum atomic E-state index is 6.29. The average Bonchev–Trinajstić information content (AvgIpc) is 2.51. The van der Waals surface area contributed by atoms with Crippen LogP contribution in [0.5, 0.6) is 0 Å². The number of hydrogen-bond donors (Lipinski definition) is 2. The number of piperazine rings is 1. The third-order valence-electron chi connectivity index (χ3n) is 3.85. The maximum absolute atomic E-state index is 6.29. The minimum atomic E-state index is 0.633. The number of halogens is 2. The molecule has 0 saturated carbocycles. The van der Waals surface area contributed by atoms with Gasteiger partial charge < -0.3 is 4.90 Å². The fourth-order valence-corrected chi connectivity index (χ4v) is 3.04. The Labute approximate surface area is 137 Å². The van der Waals surface area contributed by atoms with Crippen molar-refractivity contribution in [3.05, 3.63) is 28.2 Å². The van der Waals surface area contributed by atoms with Gasteiger partial charge in [-0.15, -0.1) is 0 Å². The van der Waals surface area contributed by atoms with Crippen molar-refractivity contribution in [2.24, 2.45) is 0 Å². The summed E-state index contributed by atoms with van der Waals surface area (Å²) in [5.74, 6) is 0. The highest BCUT2D eigenvalue weighted by Crippen LogP contribution is 2.32. The predicted molar refractivity (Wildman–Crippen MR) is 91.4 cm³/mol. The lowest BCUT2D eigenvalue weighted by atomic mass is 10.2. The van der Waals surface area contributed by atoms with Crippen LogP contribution < -0.4 is 15.8 Å². The molecule has 4 nitrogen and oxygen atoms in total. The zero-order chi connectivity index (χ0) is 15.1. The van der Waals surface area contributed by atoms with Crippen LogP contribution in [0, 0.1) is 0 Å². The Hall–Kier alpha value is -0.520. The van der Waals surface area contributed by atoms with Gasteiger partial charge in [0.1, 0.15) is 0 Å². The summed E-state index contributed by atoms with van der Waals surface area (Å²) in [6, 6.07) is 5.85. The fraction of sp³-hybridized carbons (Fsp3) is 0.600. The van der Waals surface area contributed by atoms with E-state index in [9.17, 15) is 0 Å². The highest BCUT2D eigenvalue weighted by molar-refractivity contribution is 6.43. The number of nitrogens with one attached hydrogen (secondary N) is 2. The van der Waals surface area contributed by atoms with Crippen molar-refractivity contribution >= 4 is 28.9 Å². The molecule has 2 N–H and O–H groups in total. The number of hydrazine groups is 1. The van der Waals surface area contributed by atoms with Crippen molar-refractivity contribution < 1.29 is 0 Å². The van der Waals surface area contributed by atoms with E-state index in [2.05, 4.69) is 20.7 Å². The lowest BCUT2D eigenvalue weighted by Gasteiger charge is -2.36. The molecule has 1 aliphatic rings. The molecule has 118 valence electrons. The molecule has 1 saturated heterocycles. The average molecular weight is 331 g/mol. The highest BCUT2D eigenvalue weighted by Gasteiger charge is 2.19. The van der Waals surface area contributed by atoms with E-state index in [-0.39, 0.29) is 0 Å². The fourth-order valence-electron chi connectivity index (χ4n) is 2.62. The van der Waals surface area contributed by atoms with Gasteiger partial charge >= 0.3 is 0 Å². The molecular weight excluding hydrogens is 307 g/mol. The summed E-state index contributed by atoms with van der Waals surface area (Å²) < 4.78 is 0. The molecule has 1 aromatic carbocycles. The highest BCUT2D eigenvalue weighted by atomic mass is 35.5. The molecule has 0 spiro atoms. The van der Waals surface area contributed by atoms with Gasteiger partial charge in [-0.1, -0.05) is 29.3 Å². The molecule has 0 amide bonds. The van der Waals surface area contributed by atoms with Gasteiger partial charge in [0.15, 0.2) is 0 Å². The summed E-state index contributed by atoms with van der Waals surface area (Å²) in [6.45, 7) is 6.38. The van der Waals surface area contributed by atoms with Crippen molar-refractivity contribution in [2.75, 3.05) is 51.2 Å². The van der Waals surface area contributed by atoms with Gasteiger partial charge in [0.2, 0.25) is 0 Å². The van der Waals surface area contributed by atoms with E-state index in [1.54, 1.807) is 0 Å². The third kappa shape index (κ3) is 5.01. The minimum Gasteiger partial charge on any atom is -0.368 e. The molecule has 2 rings (SSSR count). The van der Waals surface area contributed by atoms with E-state index >= 15 is 0 Å². The topological polar surface area (TPSA) is 30.5 Å². The van der Waals surface area contributed by atoms with Crippen LogP contribution in [0.2, 0.25) is 10.0 Å². The van der Waals surface area contributed by atoms with Gasteiger partial charge in [-0.25, -0.2) is 0 Å². The van der Waals surface area contributed by atoms with Gasteiger partial charge in [0.25, 0.3) is 0 Å². The molecule has 0 aliphatic carbocycles. The zero-order valence-corrected chi connectivity index (χ0v) is 14.1. The largest absolute Gasteiger partial charge is 0.368 e. The Balaban J connectivity index is 1.74. The Morgan fingerprint density at radius 2 is 1.86 bits per heavy atom. The first-order valence-corrected chi connectivity index (χ1v) is 8.29. The molecule has 0 aromatic heterocycles. The summed E-state index contributed by atoms with van der Waals surface area (Å²) in [5.41, 5.74) is 7.13. The number of nitrogens with zero attached hydrogens (tertiary/aromatic N) is 2. The van der Waals surface area contributed by atoms with Gasteiger partial charge in [-0.3, -0.25) is 15.8 Å². The molecular formula is C15H24Cl2N4. The number of anilines is 1. The first kappa shape index (κ1) is 16.8. The second kappa shape index (κ2) is 8.81. The van der Waals surface area contributed by atoms with Crippen molar-refractivity contribution in [1.82, 2.24) is 15.8 Å². The van der Waals surface area contributed by atoms with Crippen LogP contribution in [0.15, 0.2) is 18.2 Å². The molecule has 0 radical (unpaired) electrons. The molecule has 6 heteroatoms. The van der Waals surface area contributed by atoms with E-state index < -0.39 is 0 Å². The summed E-state index contributed by atoms with van der Waals surface area (Å²) in [5, 5.41) is 1.30. The number of rotatable bonds is 7. The molecule has 0 bridgehead atoms. The zero-order valence-electron chi connectivity index (χ0n) is 12.5. The minimum absolute atomic E-state index is 0.633. The second-order valence-electron chi connectivity index (χ2n) is 5.29. The first-order chi connectivity index (χ1) is 10.2. The van der Waals surface area contributed by atoms with E-state index in [1.165, 1.54) is 19.4 Å². The summed E-state index contributed by atoms with van der Waals surface area (Å²) >= 11 is 12.4. The Morgan fingerprint density at radius 1 is 1.10 bits per heavy atom. The normalized spacial score (nSPS) is 16.4. The quantitative estimate of drug-likeness (QED) is 0.594. The second-order valence-corrected chi connectivity index (χ2v) is 6.07. The SMILES string of the molecule is CNNCCCCN1CCN(c2cccc(Cl)c2Cl)CC1. The van der Waals surface area contributed by atoms with Crippen molar-refractivity contribution in [3.63, 3.8) is 0 Å².